The standard InChI is InChI=1S/C16H27NO12/c1-5(20)17-9-13(10(23)8(4-19)27-15(9)25)29-16-14(26-6(2)21)11(24)12(28-16)7(22)3-18/h7-16,18-19,22-25H,3-4H2,1-2H3,(H,17,20)/t7-,8-,9-,10-,11+,12+,13-,14-,15+,16+/m1/s1. The molecule has 0 spiro atoms. The number of aliphatic hydroxyl groups is 6. The number of nitrogens with one attached hydrogen (secondary N) is 1. The summed E-state index contributed by atoms with van der Waals surface area (Å²) in [6.07, 6.45) is -13.4. The van der Waals surface area contributed by atoms with E-state index in [1.54, 1.807) is 0 Å². The van der Waals surface area contributed by atoms with Crippen LogP contribution in [0.2, 0.25) is 0 Å². The Morgan fingerprint density at radius 3 is 2.24 bits per heavy atom. The molecule has 0 bridgehead atoms. The van der Waals surface area contributed by atoms with E-state index < -0.39 is 86.4 Å². The van der Waals surface area contributed by atoms with Gasteiger partial charge in [0.2, 0.25) is 5.91 Å². The van der Waals surface area contributed by atoms with E-state index >= 15 is 0 Å². The van der Waals surface area contributed by atoms with Crippen LogP contribution in [0.25, 0.3) is 0 Å². The minimum Gasteiger partial charge on any atom is -0.454 e. The van der Waals surface area contributed by atoms with E-state index in [1.165, 1.54) is 0 Å². The molecular weight excluding hydrogens is 398 g/mol. The summed E-state index contributed by atoms with van der Waals surface area (Å²) in [7, 11) is 0. The van der Waals surface area contributed by atoms with Crippen molar-refractivity contribution in [1.82, 2.24) is 5.32 Å². The molecule has 29 heavy (non-hydrogen) atoms. The topological polar surface area (TPSA) is 204 Å². The second kappa shape index (κ2) is 10.1. The van der Waals surface area contributed by atoms with Gasteiger partial charge in [-0.05, 0) is 0 Å². The van der Waals surface area contributed by atoms with Gasteiger partial charge in [-0.1, -0.05) is 0 Å². The van der Waals surface area contributed by atoms with Crippen molar-refractivity contribution >= 4 is 11.9 Å². The summed E-state index contributed by atoms with van der Waals surface area (Å²) in [6, 6.07) is -1.30. The predicted molar refractivity (Wildman–Crippen MR) is 89.8 cm³/mol. The zero-order valence-electron chi connectivity index (χ0n) is 15.8. The number of rotatable bonds is 7. The molecule has 0 saturated carbocycles. The lowest BCUT2D eigenvalue weighted by atomic mass is 9.96. The highest BCUT2D eigenvalue weighted by Crippen LogP contribution is 2.31. The van der Waals surface area contributed by atoms with Gasteiger partial charge in [0, 0.05) is 13.8 Å². The third kappa shape index (κ3) is 5.39. The molecule has 2 heterocycles. The SMILES string of the molecule is CC(=O)N[C@@H]1[C@@H](O[C@@H]2O[C@@H]([C@H](O)CO)[C@H](O)[C@H]2OC(C)=O)[C@H](O)[C@@H](CO)O[C@@H]1O. The van der Waals surface area contributed by atoms with Gasteiger partial charge in [-0.15, -0.1) is 0 Å². The molecule has 7 N–H and O–H groups in total. The summed E-state index contributed by atoms with van der Waals surface area (Å²) in [5.41, 5.74) is 0. The average molecular weight is 425 g/mol. The molecule has 0 aromatic heterocycles. The molecule has 0 aromatic rings. The normalized spacial score (nSPS) is 41.0. The van der Waals surface area contributed by atoms with Crippen LogP contribution in [0.5, 0.6) is 0 Å². The van der Waals surface area contributed by atoms with Gasteiger partial charge >= 0.3 is 5.97 Å². The van der Waals surface area contributed by atoms with Crippen LogP contribution in [0, 0.1) is 0 Å². The Labute approximate surface area is 165 Å². The van der Waals surface area contributed by atoms with Crippen LogP contribution in [0.4, 0.5) is 0 Å². The number of hydrogen-bond donors (Lipinski definition) is 7. The highest BCUT2D eigenvalue weighted by Gasteiger charge is 2.53. The first-order valence-electron chi connectivity index (χ1n) is 8.95. The maximum atomic E-state index is 11.5. The van der Waals surface area contributed by atoms with Crippen LogP contribution in [0.15, 0.2) is 0 Å². The van der Waals surface area contributed by atoms with E-state index in [1.807, 2.05) is 0 Å². The Bertz CT molecular complexity index is 576. The largest absolute Gasteiger partial charge is 0.454 e. The first kappa shape index (κ1) is 23.9. The van der Waals surface area contributed by atoms with Crippen molar-refractivity contribution in [3.8, 4) is 0 Å². The van der Waals surface area contributed by atoms with Gasteiger partial charge in [-0.25, -0.2) is 0 Å². The number of carbonyl (C=O) groups is 2. The lowest BCUT2D eigenvalue weighted by Crippen LogP contribution is -2.65. The van der Waals surface area contributed by atoms with Crippen LogP contribution >= 0.6 is 0 Å². The van der Waals surface area contributed by atoms with Crippen molar-refractivity contribution < 1.29 is 59.2 Å². The highest BCUT2D eigenvalue weighted by molar-refractivity contribution is 5.73. The Hall–Kier alpha value is -1.42. The number of hydrogen-bond acceptors (Lipinski definition) is 12. The van der Waals surface area contributed by atoms with Crippen LogP contribution in [0.3, 0.4) is 0 Å². The Morgan fingerprint density at radius 1 is 1.07 bits per heavy atom. The maximum absolute atomic E-state index is 11.5. The molecule has 2 aliphatic heterocycles. The van der Waals surface area contributed by atoms with Crippen LogP contribution in [0.1, 0.15) is 13.8 Å². The molecule has 2 fully saturated rings. The molecule has 13 heteroatoms. The summed E-state index contributed by atoms with van der Waals surface area (Å²) in [6.45, 7) is 0.771. The molecule has 2 rings (SSSR count). The molecule has 0 aromatic carbocycles. The minimum atomic E-state index is -1.67. The summed E-state index contributed by atoms with van der Waals surface area (Å²) in [4.78, 5) is 22.9. The van der Waals surface area contributed by atoms with E-state index in [-0.39, 0.29) is 0 Å². The van der Waals surface area contributed by atoms with Gasteiger partial charge in [-0.3, -0.25) is 9.59 Å². The average Bonchev–Trinajstić information content (AvgIpc) is 2.95. The third-order valence-corrected chi connectivity index (χ3v) is 4.64. The molecule has 0 radical (unpaired) electrons. The van der Waals surface area contributed by atoms with Crippen molar-refractivity contribution in [2.45, 2.75) is 75.2 Å². The molecule has 13 nitrogen and oxygen atoms in total. The Kier molecular flexibility index (Phi) is 8.28. The number of amides is 1. The maximum Gasteiger partial charge on any atom is 0.303 e. The van der Waals surface area contributed by atoms with Crippen molar-refractivity contribution in [1.29, 1.82) is 0 Å². The van der Waals surface area contributed by atoms with Gasteiger partial charge in [0.05, 0.1) is 13.2 Å². The molecule has 0 aliphatic carbocycles. The van der Waals surface area contributed by atoms with Crippen molar-refractivity contribution in [2.24, 2.45) is 0 Å². The summed E-state index contributed by atoms with van der Waals surface area (Å²) in [5.74, 6) is -1.39. The monoisotopic (exact) mass is 425 g/mol. The van der Waals surface area contributed by atoms with Gasteiger partial charge in [0.15, 0.2) is 18.7 Å². The van der Waals surface area contributed by atoms with E-state index in [0.29, 0.717) is 0 Å². The van der Waals surface area contributed by atoms with E-state index in [2.05, 4.69) is 5.32 Å². The zero-order chi connectivity index (χ0) is 21.9. The lowest BCUT2D eigenvalue weighted by molar-refractivity contribution is -0.296. The number of carbonyl (C=O) groups excluding carboxylic acids is 2. The number of aliphatic hydroxyl groups excluding tert-OH is 6. The predicted octanol–water partition coefficient (Wildman–Crippen LogP) is -4.68. The van der Waals surface area contributed by atoms with Crippen molar-refractivity contribution in [3.05, 3.63) is 0 Å². The first-order valence-corrected chi connectivity index (χ1v) is 8.95. The Morgan fingerprint density at radius 2 is 1.72 bits per heavy atom. The van der Waals surface area contributed by atoms with Crippen LogP contribution < -0.4 is 5.32 Å². The van der Waals surface area contributed by atoms with Gasteiger partial charge in [0.1, 0.15) is 42.7 Å². The van der Waals surface area contributed by atoms with E-state index in [0.717, 1.165) is 13.8 Å². The fourth-order valence-electron chi connectivity index (χ4n) is 3.30. The molecule has 168 valence electrons. The number of ether oxygens (including phenoxy) is 4. The van der Waals surface area contributed by atoms with E-state index in [9.17, 15) is 35.1 Å². The summed E-state index contributed by atoms with van der Waals surface area (Å²) >= 11 is 0. The molecule has 10 atom stereocenters. The van der Waals surface area contributed by atoms with Crippen molar-refractivity contribution in [3.63, 3.8) is 0 Å². The lowest BCUT2D eigenvalue weighted by Gasteiger charge is -2.43. The minimum absolute atomic E-state index is 0.585. The smallest absolute Gasteiger partial charge is 0.303 e. The van der Waals surface area contributed by atoms with Gasteiger partial charge < -0.3 is 54.9 Å². The highest BCUT2D eigenvalue weighted by atomic mass is 16.7. The van der Waals surface area contributed by atoms with Crippen molar-refractivity contribution in [2.75, 3.05) is 13.2 Å². The fraction of sp³-hybridized carbons (Fsp3) is 0.875. The summed E-state index contributed by atoms with van der Waals surface area (Å²) in [5, 5.41) is 61.5. The van der Waals surface area contributed by atoms with Crippen LogP contribution in [-0.4, -0.2) is 117 Å². The zero-order valence-corrected chi connectivity index (χ0v) is 15.8. The quantitative estimate of drug-likeness (QED) is 0.192. The second-order valence-corrected chi connectivity index (χ2v) is 6.85. The first-order chi connectivity index (χ1) is 13.6. The Balaban J connectivity index is 2.28. The third-order valence-electron chi connectivity index (χ3n) is 4.64. The molecule has 0 unspecified atom stereocenters. The van der Waals surface area contributed by atoms with Gasteiger partial charge in [-0.2, -0.15) is 0 Å². The molecule has 2 saturated heterocycles. The summed E-state index contributed by atoms with van der Waals surface area (Å²) < 4.78 is 21.0. The molecular formula is C16H27NO12. The fourth-order valence-corrected chi connectivity index (χ4v) is 3.30. The molecule has 2 aliphatic rings. The van der Waals surface area contributed by atoms with Crippen LogP contribution in [-0.2, 0) is 28.5 Å². The number of esters is 1. The molecule has 1 amide bonds. The van der Waals surface area contributed by atoms with Gasteiger partial charge in [0.25, 0.3) is 0 Å². The van der Waals surface area contributed by atoms with E-state index in [4.69, 9.17) is 24.1 Å². The second-order valence-electron chi connectivity index (χ2n) is 6.85.